The van der Waals surface area contributed by atoms with Gasteiger partial charge in [-0.15, -0.1) is 0 Å². The molecule has 0 aliphatic heterocycles. The Balaban J connectivity index is 1.47. The number of nitro groups is 1. The van der Waals surface area contributed by atoms with Crippen LogP contribution in [-0.2, 0) is 6.54 Å². The van der Waals surface area contributed by atoms with Gasteiger partial charge in [0.25, 0.3) is 5.69 Å². The van der Waals surface area contributed by atoms with Crippen LogP contribution in [0.3, 0.4) is 0 Å². The van der Waals surface area contributed by atoms with E-state index in [-0.39, 0.29) is 11.6 Å². The second-order valence-corrected chi connectivity index (χ2v) is 7.36. The van der Waals surface area contributed by atoms with E-state index in [1.807, 2.05) is 44.4 Å². The molecule has 0 atom stereocenters. The Morgan fingerprint density at radius 3 is 2.50 bits per heavy atom. The highest BCUT2D eigenvalue weighted by Gasteiger charge is 2.16. The third-order valence-electron chi connectivity index (χ3n) is 4.67. The summed E-state index contributed by atoms with van der Waals surface area (Å²) in [6, 6.07) is 19.6. The molecule has 4 rings (SSSR count). The van der Waals surface area contributed by atoms with Crippen molar-refractivity contribution in [1.29, 1.82) is 0 Å². The maximum Gasteiger partial charge on any atom is 0.280 e. The molecular formula is C23H22N8O3. The van der Waals surface area contributed by atoms with E-state index in [1.165, 1.54) is 12.3 Å². The number of nitrogens with zero attached hydrogens (tertiary/aromatic N) is 6. The first-order chi connectivity index (χ1) is 16.5. The van der Waals surface area contributed by atoms with Gasteiger partial charge in [-0.2, -0.15) is 20.1 Å². The van der Waals surface area contributed by atoms with E-state index >= 15 is 0 Å². The molecule has 0 bridgehead atoms. The van der Waals surface area contributed by atoms with Gasteiger partial charge in [0.2, 0.25) is 17.8 Å². The van der Waals surface area contributed by atoms with Crippen molar-refractivity contribution in [3.8, 4) is 11.3 Å². The van der Waals surface area contributed by atoms with Crippen molar-refractivity contribution in [1.82, 2.24) is 15.0 Å². The summed E-state index contributed by atoms with van der Waals surface area (Å²) in [6.45, 7) is 0.557. The fourth-order valence-corrected chi connectivity index (χ4v) is 3.03. The van der Waals surface area contributed by atoms with Gasteiger partial charge in [0.15, 0.2) is 0 Å². The minimum Gasteiger partial charge on any atom is -0.455 e. The molecule has 11 heteroatoms. The minimum absolute atomic E-state index is 0.0320. The van der Waals surface area contributed by atoms with Gasteiger partial charge >= 0.3 is 0 Å². The van der Waals surface area contributed by atoms with E-state index in [0.717, 1.165) is 5.56 Å². The number of rotatable bonds is 9. The molecule has 0 saturated heterocycles. The molecule has 0 fully saturated rings. The summed E-state index contributed by atoms with van der Waals surface area (Å²) in [6.07, 6.45) is 1.44. The largest absolute Gasteiger partial charge is 0.455 e. The Kier molecular flexibility index (Phi) is 6.73. The predicted molar refractivity (Wildman–Crippen MR) is 130 cm³/mol. The molecule has 0 aliphatic carbocycles. The lowest BCUT2D eigenvalue weighted by atomic mass is 10.1. The first-order valence-electron chi connectivity index (χ1n) is 10.3. The summed E-state index contributed by atoms with van der Waals surface area (Å²) < 4.78 is 5.70. The zero-order chi connectivity index (χ0) is 23.9. The van der Waals surface area contributed by atoms with Gasteiger partial charge in [-0.1, -0.05) is 42.5 Å². The molecule has 34 heavy (non-hydrogen) atoms. The van der Waals surface area contributed by atoms with Crippen LogP contribution in [0.5, 0.6) is 0 Å². The van der Waals surface area contributed by atoms with Crippen LogP contribution in [0.25, 0.3) is 11.3 Å². The van der Waals surface area contributed by atoms with Gasteiger partial charge in [0.05, 0.1) is 16.7 Å². The number of benzene rings is 2. The number of aromatic nitrogens is 3. The molecule has 2 aromatic heterocycles. The zero-order valence-electron chi connectivity index (χ0n) is 18.5. The molecule has 11 nitrogen and oxygen atoms in total. The van der Waals surface area contributed by atoms with E-state index < -0.39 is 4.92 Å². The van der Waals surface area contributed by atoms with Crippen molar-refractivity contribution >= 4 is 29.7 Å². The molecule has 0 unspecified atom stereocenters. The van der Waals surface area contributed by atoms with Gasteiger partial charge in [-0.3, -0.25) is 10.1 Å². The fraction of sp³-hybridized carbons (Fsp3) is 0.130. The van der Waals surface area contributed by atoms with E-state index in [2.05, 4.69) is 30.8 Å². The highest BCUT2D eigenvalue weighted by molar-refractivity contribution is 5.79. The first-order valence-corrected chi connectivity index (χ1v) is 10.3. The number of anilines is 3. The number of hydrogen-bond donors (Lipinski definition) is 2. The molecular weight excluding hydrogens is 436 g/mol. The summed E-state index contributed by atoms with van der Waals surface area (Å²) in [5.41, 5.74) is 4.23. The number of hydrogen-bond acceptors (Lipinski definition) is 10. The fourth-order valence-electron chi connectivity index (χ4n) is 3.03. The van der Waals surface area contributed by atoms with Crippen molar-refractivity contribution in [2.24, 2.45) is 5.10 Å². The van der Waals surface area contributed by atoms with Gasteiger partial charge in [0, 0.05) is 26.7 Å². The summed E-state index contributed by atoms with van der Waals surface area (Å²) in [7, 11) is 3.66. The van der Waals surface area contributed by atoms with Crippen LogP contribution in [0.15, 0.2) is 76.2 Å². The third-order valence-corrected chi connectivity index (χ3v) is 4.67. The molecule has 0 aliphatic rings. The minimum atomic E-state index is -0.445. The van der Waals surface area contributed by atoms with Crippen LogP contribution in [0.2, 0.25) is 0 Å². The molecule has 0 saturated carbocycles. The van der Waals surface area contributed by atoms with Crippen molar-refractivity contribution in [3.63, 3.8) is 0 Å². The second kappa shape index (κ2) is 10.2. The van der Waals surface area contributed by atoms with E-state index in [1.54, 1.807) is 35.2 Å². The van der Waals surface area contributed by atoms with E-state index in [9.17, 15) is 10.1 Å². The van der Waals surface area contributed by atoms with Crippen LogP contribution < -0.4 is 15.6 Å². The van der Waals surface area contributed by atoms with Crippen molar-refractivity contribution < 1.29 is 9.34 Å². The second-order valence-electron chi connectivity index (χ2n) is 7.36. The quantitative estimate of drug-likeness (QED) is 0.215. The highest BCUT2D eigenvalue weighted by Crippen LogP contribution is 2.30. The van der Waals surface area contributed by atoms with Crippen LogP contribution >= 0.6 is 0 Å². The zero-order valence-corrected chi connectivity index (χ0v) is 18.5. The smallest absolute Gasteiger partial charge is 0.280 e. The SMILES string of the molecule is CN(C)c1nc(NCc2ccccc2)nc(N/N=C/c2ccc(-c3ccccc3[N+](=O)[O-])o2)n1. The van der Waals surface area contributed by atoms with Gasteiger partial charge in [-0.25, -0.2) is 5.43 Å². The molecule has 172 valence electrons. The summed E-state index contributed by atoms with van der Waals surface area (Å²) in [4.78, 5) is 25.7. The Labute approximate surface area is 195 Å². The molecule has 0 spiro atoms. The number of hydrazone groups is 1. The van der Waals surface area contributed by atoms with Gasteiger partial charge < -0.3 is 14.6 Å². The normalized spacial score (nSPS) is 10.9. The Hall–Kier alpha value is -4.80. The van der Waals surface area contributed by atoms with Crippen molar-refractivity contribution in [3.05, 3.63) is 88.2 Å². The maximum absolute atomic E-state index is 11.3. The number of nitrogens with one attached hydrogen (secondary N) is 2. The number of para-hydroxylation sites is 1. The van der Waals surface area contributed by atoms with E-state index in [0.29, 0.717) is 35.5 Å². The number of furan rings is 1. The lowest BCUT2D eigenvalue weighted by Crippen LogP contribution is -2.16. The molecule has 4 aromatic rings. The summed E-state index contributed by atoms with van der Waals surface area (Å²) >= 11 is 0. The topological polar surface area (TPSA) is 135 Å². The standard InChI is InChI=1S/C23H22N8O3/c1-30(2)23-27-21(24-14-16-8-4-3-5-9-16)26-22(28-23)29-25-15-17-12-13-20(34-17)18-10-6-7-11-19(18)31(32)33/h3-13,15H,14H2,1-2H3,(H2,24,26,27,28,29)/b25-15+. The Bertz CT molecular complexity index is 1300. The summed E-state index contributed by atoms with van der Waals surface area (Å²) in [5.74, 6) is 1.88. The highest BCUT2D eigenvalue weighted by atomic mass is 16.6. The van der Waals surface area contributed by atoms with Gasteiger partial charge in [-0.05, 0) is 23.8 Å². The predicted octanol–water partition coefficient (Wildman–Crippen LogP) is 4.16. The average Bonchev–Trinajstić information content (AvgIpc) is 3.32. The summed E-state index contributed by atoms with van der Waals surface area (Å²) in [5, 5.41) is 18.6. The first kappa shape index (κ1) is 22.4. The lowest BCUT2D eigenvalue weighted by molar-refractivity contribution is -0.384. The Morgan fingerprint density at radius 1 is 1.00 bits per heavy atom. The molecule has 2 heterocycles. The maximum atomic E-state index is 11.3. The number of nitro benzene ring substituents is 1. The third kappa shape index (κ3) is 5.51. The van der Waals surface area contributed by atoms with Crippen LogP contribution in [0, 0.1) is 10.1 Å². The van der Waals surface area contributed by atoms with Crippen LogP contribution in [-0.4, -0.2) is 40.2 Å². The van der Waals surface area contributed by atoms with E-state index in [4.69, 9.17) is 4.42 Å². The monoisotopic (exact) mass is 458 g/mol. The van der Waals surface area contributed by atoms with Crippen LogP contribution in [0.1, 0.15) is 11.3 Å². The van der Waals surface area contributed by atoms with Gasteiger partial charge in [0.1, 0.15) is 11.5 Å². The molecule has 2 aromatic carbocycles. The lowest BCUT2D eigenvalue weighted by Gasteiger charge is -2.13. The van der Waals surface area contributed by atoms with Crippen molar-refractivity contribution in [2.75, 3.05) is 29.7 Å². The molecule has 0 amide bonds. The molecule has 2 N–H and O–H groups in total. The Morgan fingerprint density at radius 2 is 1.74 bits per heavy atom. The average molecular weight is 458 g/mol. The van der Waals surface area contributed by atoms with Crippen molar-refractivity contribution in [2.45, 2.75) is 6.54 Å². The van der Waals surface area contributed by atoms with Crippen LogP contribution in [0.4, 0.5) is 23.5 Å². The molecule has 0 radical (unpaired) electrons.